The Morgan fingerprint density at radius 1 is 1.62 bits per heavy atom. The molecular weight excluding hydrogens is 170 g/mol. The van der Waals surface area contributed by atoms with Crippen LogP contribution in [-0.4, -0.2) is 38.4 Å². The zero-order valence-electron chi connectivity index (χ0n) is 8.37. The normalized spacial score (nSPS) is 28.9. The first kappa shape index (κ1) is 10.5. The molecule has 4 heteroatoms. The molecule has 0 aromatic carbocycles. The summed E-state index contributed by atoms with van der Waals surface area (Å²) in [6.45, 7) is 5.38. The molecule has 13 heavy (non-hydrogen) atoms. The molecule has 0 amide bonds. The van der Waals surface area contributed by atoms with Crippen molar-refractivity contribution >= 4 is 5.97 Å². The van der Waals surface area contributed by atoms with Crippen molar-refractivity contribution in [2.24, 2.45) is 5.92 Å². The van der Waals surface area contributed by atoms with E-state index in [0.717, 1.165) is 0 Å². The number of carbonyl (C=O) groups excluding carboxylic acids is 1. The van der Waals surface area contributed by atoms with Gasteiger partial charge in [0.05, 0.1) is 13.7 Å². The predicted octanol–water partition coefficient (Wildman–Crippen LogP) is 0.172. The molecule has 2 unspecified atom stereocenters. The minimum absolute atomic E-state index is 0.297. The second-order valence-electron chi connectivity index (χ2n) is 3.60. The van der Waals surface area contributed by atoms with Gasteiger partial charge in [0.2, 0.25) is 0 Å². The number of rotatable bonds is 2. The summed E-state index contributed by atoms with van der Waals surface area (Å²) < 4.78 is 9.95. The zero-order chi connectivity index (χ0) is 9.84. The van der Waals surface area contributed by atoms with Gasteiger partial charge in [-0.05, 0) is 5.92 Å². The predicted molar refractivity (Wildman–Crippen MR) is 48.4 cm³/mol. The molecule has 1 fully saturated rings. The van der Waals surface area contributed by atoms with Crippen molar-refractivity contribution in [1.82, 2.24) is 5.32 Å². The average Bonchev–Trinajstić information content (AvgIpc) is 2.17. The first-order valence-electron chi connectivity index (χ1n) is 4.58. The fraction of sp³-hybridized carbons (Fsp3) is 0.889. The third-order valence-corrected chi connectivity index (χ3v) is 2.31. The van der Waals surface area contributed by atoms with E-state index in [1.165, 1.54) is 7.11 Å². The largest absolute Gasteiger partial charge is 0.467 e. The van der Waals surface area contributed by atoms with Crippen LogP contribution in [-0.2, 0) is 14.3 Å². The molecule has 0 aromatic rings. The Balaban J connectivity index is 2.34. The number of hydrogen-bond acceptors (Lipinski definition) is 4. The van der Waals surface area contributed by atoms with Crippen LogP contribution in [0.1, 0.15) is 13.8 Å². The Morgan fingerprint density at radius 3 is 2.69 bits per heavy atom. The quantitative estimate of drug-likeness (QED) is 0.626. The average molecular weight is 187 g/mol. The van der Waals surface area contributed by atoms with Crippen molar-refractivity contribution < 1.29 is 14.3 Å². The van der Waals surface area contributed by atoms with E-state index in [9.17, 15) is 4.79 Å². The lowest BCUT2D eigenvalue weighted by molar-refractivity contribution is -0.157. The van der Waals surface area contributed by atoms with Gasteiger partial charge in [-0.3, -0.25) is 0 Å². The minimum atomic E-state index is -0.431. The molecule has 0 spiro atoms. The summed E-state index contributed by atoms with van der Waals surface area (Å²) in [5.74, 6) is 0.230. The first-order valence-corrected chi connectivity index (χ1v) is 4.58. The van der Waals surface area contributed by atoms with E-state index in [1.807, 2.05) is 0 Å². The molecule has 0 saturated carbocycles. The van der Waals surface area contributed by atoms with Crippen molar-refractivity contribution in [2.45, 2.75) is 26.0 Å². The third kappa shape index (κ3) is 2.67. The smallest absolute Gasteiger partial charge is 0.336 e. The van der Waals surface area contributed by atoms with Crippen molar-refractivity contribution in [3.8, 4) is 0 Å². The van der Waals surface area contributed by atoms with Crippen LogP contribution in [0, 0.1) is 5.92 Å². The standard InChI is InChI=1S/C9H17NO3/c1-6(2)7-5-13-8(4-10-7)9(11)12-3/h6-8,10H,4-5H2,1-3H3. The summed E-state index contributed by atoms with van der Waals surface area (Å²) in [4.78, 5) is 11.1. The van der Waals surface area contributed by atoms with E-state index < -0.39 is 6.10 Å². The number of methoxy groups -OCH3 is 1. The van der Waals surface area contributed by atoms with Crippen molar-refractivity contribution in [2.75, 3.05) is 20.3 Å². The lowest BCUT2D eigenvalue weighted by Gasteiger charge is -2.31. The summed E-state index contributed by atoms with van der Waals surface area (Å²) in [5.41, 5.74) is 0. The van der Waals surface area contributed by atoms with Gasteiger partial charge in [-0.2, -0.15) is 0 Å². The van der Waals surface area contributed by atoms with E-state index in [1.54, 1.807) is 0 Å². The molecule has 76 valence electrons. The Bertz CT molecular complexity index is 174. The van der Waals surface area contributed by atoms with E-state index in [4.69, 9.17) is 4.74 Å². The van der Waals surface area contributed by atoms with Crippen LogP contribution in [0.5, 0.6) is 0 Å². The van der Waals surface area contributed by atoms with Crippen LogP contribution in [0.3, 0.4) is 0 Å². The van der Waals surface area contributed by atoms with Gasteiger partial charge in [0.1, 0.15) is 0 Å². The van der Waals surface area contributed by atoms with Crippen LogP contribution in [0.25, 0.3) is 0 Å². The fourth-order valence-electron chi connectivity index (χ4n) is 1.31. The highest BCUT2D eigenvalue weighted by Crippen LogP contribution is 2.09. The van der Waals surface area contributed by atoms with Gasteiger partial charge in [-0.1, -0.05) is 13.8 Å². The SMILES string of the molecule is COC(=O)C1CNC(C(C)C)CO1. The van der Waals surface area contributed by atoms with Gasteiger partial charge in [0.25, 0.3) is 0 Å². The molecule has 1 rings (SSSR count). The number of morpholine rings is 1. The van der Waals surface area contributed by atoms with Gasteiger partial charge in [-0.25, -0.2) is 4.79 Å². The van der Waals surface area contributed by atoms with Gasteiger partial charge < -0.3 is 14.8 Å². The van der Waals surface area contributed by atoms with Gasteiger partial charge in [0.15, 0.2) is 6.10 Å². The lowest BCUT2D eigenvalue weighted by atomic mass is 10.0. The van der Waals surface area contributed by atoms with Gasteiger partial charge in [-0.15, -0.1) is 0 Å². The molecule has 4 nitrogen and oxygen atoms in total. The summed E-state index contributed by atoms with van der Waals surface area (Å²) in [7, 11) is 1.38. The topological polar surface area (TPSA) is 47.6 Å². The van der Waals surface area contributed by atoms with Gasteiger partial charge in [0, 0.05) is 12.6 Å². The van der Waals surface area contributed by atoms with Crippen LogP contribution in [0.4, 0.5) is 0 Å². The molecule has 1 aliphatic rings. The highest BCUT2D eigenvalue weighted by Gasteiger charge is 2.28. The van der Waals surface area contributed by atoms with E-state index in [-0.39, 0.29) is 5.97 Å². The van der Waals surface area contributed by atoms with Crippen LogP contribution in [0.2, 0.25) is 0 Å². The Morgan fingerprint density at radius 2 is 2.31 bits per heavy atom. The van der Waals surface area contributed by atoms with Crippen molar-refractivity contribution in [3.05, 3.63) is 0 Å². The lowest BCUT2D eigenvalue weighted by Crippen LogP contribution is -2.51. The Hall–Kier alpha value is -0.610. The molecule has 0 aliphatic carbocycles. The highest BCUT2D eigenvalue weighted by molar-refractivity contribution is 5.74. The fourth-order valence-corrected chi connectivity index (χ4v) is 1.31. The zero-order valence-corrected chi connectivity index (χ0v) is 8.37. The van der Waals surface area contributed by atoms with Gasteiger partial charge >= 0.3 is 5.97 Å². The molecule has 0 radical (unpaired) electrons. The summed E-state index contributed by atoms with van der Waals surface area (Å²) >= 11 is 0. The second kappa shape index (κ2) is 4.58. The maximum absolute atomic E-state index is 11.1. The number of ether oxygens (including phenoxy) is 2. The highest BCUT2D eigenvalue weighted by atomic mass is 16.6. The summed E-state index contributed by atoms with van der Waals surface area (Å²) in [6.07, 6.45) is -0.431. The molecule has 0 aromatic heterocycles. The van der Waals surface area contributed by atoms with E-state index in [2.05, 4.69) is 23.9 Å². The maximum atomic E-state index is 11.1. The first-order chi connectivity index (χ1) is 6.15. The van der Waals surface area contributed by atoms with E-state index in [0.29, 0.717) is 25.1 Å². The van der Waals surface area contributed by atoms with Crippen LogP contribution >= 0.6 is 0 Å². The maximum Gasteiger partial charge on any atom is 0.336 e. The van der Waals surface area contributed by atoms with Crippen molar-refractivity contribution in [1.29, 1.82) is 0 Å². The molecular formula is C9H17NO3. The second-order valence-corrected chi connectivity index (χ2v) is 3.60. The molecule has 2 atom stereocenters. The Kier molecular flexibility index (Phi) is 3.69. The molecule has 0 bridgehead atoms. The number of esters is 1. The number of nitrogens with one attached hydrogen (secondary N) is 1. The molecule has 1 N–H and O–H groups in total. The van der Waals surface area contributed by atoms with Crippen LogP contribution < -0.4 is 5.32 Å². The van der Waals surface area contributed by atoms with E-state index >= 15 is 0 Å². The molecule has 1 saturated heterocycles. The third-order valence-electron chi connectivity index (χ3n) is 2.31. The van der Waals surface area contributed by atoms with Crippen LogP contribution in [0.15, 0.2) is 0 Å². The minimum Gasteiger partial charge on any atom is -0.467 e. The monoisotopic (exact) mass is 187 g/mol. The summed E-state index contributed by atoms with van der Waals surface area (Å²) in [6, 6.07) is 0.348. The van der Waals surface area contributed by atoms with Crippen molar-refractivity contribution in [3.63, 3.8) is 0 Å². The Labute approximate surface area is 78.6 Å². The molecule has 1 heterocycles. The molecule has 1 aliphatic heterocycles. The summed E-state index contributed by atoms with van der Waals surface area (Å²) in [5, 5.41) is 3.26. The number of hydrogen-bond donors (Lipinski definition) is 1. The number of carbonyl (C=O) groups is 1.